The summed E-state index contributed by atoms with van der Waals surface area (Å²) in [6, 6.07) is 15.8. The smallest absolute Gasteiger partial charge is 0.254 e. The summed E-state index contributed by atoms with van der Waals surface area (Å²) in [6.07, 6.45) is 4.44. The monoisotopic (exact) mass is 336 g/mol. The van der Waals surface area contributed by atoms with Crippen molar-refractivity contribution in [3.05, 3.63) is 87.9 Å². The van der Waals surface area contributed by atoms with E-state index in [0.29, 0.717) is 13.1 Å². The molecule has 3 nitrogen and oxygen atoms in total. The van der Waals surface area contributed by atoms with Gasteiger partial charge in [0.15, 0.2) is 0 Å². The maximum atomic E-state index is 12.9. The number of amides is 1. The molecule has 0 spiro atoms. The fraction of sp³-hybridized carbons (Fsp3) is 0.200. The molecule has 0 atom stereocenters. The van der Waals surface area contributed by atoms with Gasteiger partial charge < -0.3 is 4.90 Å². The van der Waals surface area contributed by atoms with Gasteiger partial charge in [0, 0.05) is 35.9 Å². The zero-order valence-electron chi connectivity index (χ0n) is 13.7. The first-order valence-electron chi connectivity index (χ1n) is 7.99. The molecule has 0 aliphatic heterocycles. The second kappa shape index (κ2) is 7.88. The minimum atomic E-state index is 0.0652. The van der Waals surface area contributed by atoms with E-state index in [-0.39, 0.29) is 5.91 Å². The third-order valence-corrected chi connectivity index (χ3v) is 4.83. The number of rotatable bonds is 6. The largest absolute Gasteiger partial charge is 0.334 e. The Bertz CT molecular complexity index is 767. The molecular weight excluding hydrogens is 316 g/mol. The van der Waals surface area contributed by atoms with Crippen LogP contribution >= 0.6 is 11.3 Å². The first-order chi connectivity index (χ1) is 11.7. The zero-order valence-corrected chi connectivity index (χ0v) is 14.5. The van der Waals surface area contributed by atoms with Crippen LogP contribution in [0.5, 0.6) is 0 Å². The van der Waals surface area contributed by atoms with Gasteiger partial charge in [-0.2, -0.15) is 0 Å². The van der Waals surface area contributed by atoms with Gasteiger partial charge in [-0.05, 0) is 48.6 Å². The second-order valence-electron chi connectivity index (χ2n) is 5.78. The van der Waals surface area contributed by atoms with Crippen molar-refractivity contribution in [1.82, 2.24) is 9.88 Å². The predicted molar refractivity (Wildman–Crippen MR) is 98.2 cm³/mol. The van der Waals surface area contributed by atoms with E-state index >= 15 is 0 Å². The quantitative estimate of drug-likeness (QED) is 0.671. The maximum absolute atomic E-state index is 12.9. The predicted octanol–water partition coefficient (Wildman–Crippen LogP) is 4.34. The van der Waals surface area contributed by atoms with E-state index in [1.165, 1.54) is 4.88 Å². The van der Waals surface area contributed by atoms with Crippen LogP contribution in [0.3, 0.4) is 0 Å². The normalized spacial score (nSPS) is 10.5. The van der Waals surface area contributed by atoms with E-state index in [0.717, 1.165) is 23.1 Å². The highest BCUT2D eigenvalue weighted by atomic mass is 32.1. The molecule has 122 valence electrons. The molecule has 0 saturated heterocycles. The van der Waals surface area contributed by atoms with Crippen LogP contribution in [0, 0.1) is 6.92 Å². The van der Waals surface area contributed by atoms with E-state index in [2.05, 4.69) is 16.4 Å². The average Bonchev–Trinajstić information content (AvgIpc) is 3.13. The Labute approximate surface area is 146 Å². The van der Waals surface area contributed by atoms with Crippen LogP contribution in [-0.2, 0) is 13.0 Å². The van der Waals surface area contributed by atoms with Crippen LogP contribution in [0.4, 0.5) is 0 Å². The Morgan fingerprint density at radius 3 is 2.62 bits per heavy atom. The van der Waals surface area contributed by atoms with E-state index in [9.17, 15) is 4.79 Å². The number of carbonyl (C=O) groups is 1. The Balaban J connectivity index is 1.77. The molecule has 0 saturated carbocycles. The van der Waals surface area contributed by atoms with Gasteiger partial charge in [-0.25, -0.2) is 0 Å². The van der Waals surface area contributed by atoms with Crippen LogP contribution in [-0.4, -0.2) is 22.3 Å². The number of aromatic nitrogens is 1. The number of nitrogens with zero attached hydrogens (tertiary/aromatic N) is 2. The van der Waals surface area contributed by atoms with E-state index in [1.54, 1.807) is 17.5 Å². The minimum Gasteiger partial charge on any atom is -0.334 e. The lowest BCUT2D eigenvalue weighted by atomic mass is 10.1. The van der Waals surface area contributed by atoms with Crippen LogP contribution < -0.4 is 0 Å². The minimum absolute atomic E-state index is 0.0652. The molecule has 0 radical (unpaired) electrons. The summed E-state index contributed by atoms with van der Waals surface area (Å²) in [6.45, 7) is 3.30. The molecule has 0 aliphatic rings. The topological polar surface area (TPSA) is 33.2 Å². The van der Waals surface area contributed by atoms with Crippen molar-refractivity contribution in [2.45, 2.75) is 19.9 Å². The highest BCUT2D eigenvalue weighted by Gasteiger charge is 2.16. The van der Waals surface area contributed by atoms with Gasteiger partial charge >= 0.3 is 0 Å². The van der Waals surface area contributed by atoms with E-state index in [4.69, 9.17) is 0 Å². The van der Waals surface area contributed by atoms with Crippen molar-refractivity contribution in [1.29, 1.82) is 0 Å². The summed E-state index contributed by atoms with van der Waals surface area (Å²) in [5.74, 6) is 0.0652. The molecule has 3 rings (SSSR count). The molecule has 0 unspecified atom stereocenters. The van der Waals surface area contributed by atoms with Crippen molar-refractivity contribution in [2.75, 3.05) is 6.54 Å². The fourth-order valence-electron chi connectivity index (χ4n) is 2.54. The Morgan fingerprint density at radius 2 is 1.96 bits per heavy atom. The molecule has 1 amide bonds. The lowest BCUT2D eigenvalue weighted by Crippen LogP contribution is -2.32. The Kier molecular flexibility index (Phi) is 5.39. The van der Waals surface area contributed by atoms with Gasteiger partial charge in [0.1, 0.15) is 0 Å². The van der Waals surface area contributed by atoms with Crippen molar-refractivity contribution >= 4 is 17.2 Å². The Hall–Kier alpha value is -2.46. The van der Waals surface area contributed by atoms with Gasteiger partial charge in [0.25, 0.3) is 5.91 Å². The van der Waals surface area contributed by atoms with E-state index < -0.39 is 0 Å². The number of benzene rings is 1. The summed E-state index contributed by atoms with van der Waals surface area (Å²) in [5, 5.41) is 2.07. The van der Waals surface area contributed by atoms with Crippen molar-refractivity contribution in [2.24, 2.45) is 0 Å². The third-order valence-electron chi connectivity index (χ3n) is 3.89. The number of pyridine rings is 1. The second-order valence-corrected chi connectivity index (χ2v) is 6.82. The van der Waals surface area contributed by atoms with Crippen LogP contribution in [0.25, 0.3) is 0 Å². The van der Waals surface area contributed by atoms with Crippen molar-refractivity contribution in [3.8, 4) is 0 Å². The lowest BCUT2D eigenvalue weighted by molar-refractivity contribution is 0.0745. The van der Waals surface area contributed by atoms with Crippen molar-refractivity contribution < 1.29 is 4.79 Å². The summed E-state index contributed by atoms with van der Waals surface area (Å²) >= 11 is 1.73. The fourth-order valence-corrected chi connectivity index (χ4v) is 3.24. The standard InChI is InChI=1S/C20H20N2OS/c1-16-6-8-18(9-7-16)20(23)22(12-10-19-5-3-13-24-19)15-17-4-2-11-21-14-17/h2-9,11,13-14H,10,12,15H2,1H3. The highest BCUT2D eigenvalue weighted by Crippen LogP contribution is 2.14. The zero-order chi connectivity index (χ0) is 16.8. The molecule has 2 aromatic heterocycles. The highest BCUT2D eigenvalue weighted by molar-refractivity contribution is 7.09. The van der Waals surface area contributed by atoms with Crippen LogP contribution in [0.2, 0.25) is 0 Å². The molecule has 1 aromatic carbocycles. The van der Waals surface area contributed by atoms with Crippen molar-refractivity contribution in [3.63, 3.8) is 0 Å². The number of carbonyl (C=O) groups excluding carboxylic acids is 1. The number of hydrogen-bond donors (Lipinski definition) is 0. The summed E-state index contributed by atoms with van der Waals surface area (Å²) < 4.78 is 0. The first kappa shape index (κ1) is 16.4. The van der Waals surface area contributed by atoms with Gasteiger partial charge in [-0.15, -0.1) is 11.3 Å². The molecule has 24 heavy (non-hydrogen) atoms. The summed E-state index contributed by atoms with van der Waals surface area (Å²) in [4.78, 5) is 20.3. The first-order valence-corrected chi connectivity index (χ1v) is 8.87. The van der Waals surface area contributed by atoms with Gasteiger partial charge in [0.05, 0.1) is 0 Å². The SMILES string of the molecule is Cc1ccc(C(=O)N(CCc2cccs2)Cc2cccnc2)cc1. The molecule has 0 aliphatic carbocycles. The average molecular weight is 336 g/mol. The van der Waals surface area contributed by atoms with Crippen LogP contribution in [0.1, 0.15) is 26.4 Å². The van der Waals surface area contributed by atoms with Gasteiger partial charge in [0.2, 0.25) is 0 Å². The molecule has 0 N–H and O–H groups in total. The molecule has 0 bridgehead atoms. The summed E-state index contributed by atoms with van der Waals surface area (Å²) in [7, 11) is 0. The number of hydrogen-bond acceptors (Lipinski definition) is 3. The van der Waals surface area contributed by atoms with Gasteiger partial charge in [-0.3, -0.25) is 9.78 Å². The number of aryl methyl sites for hydroxylation is 1. The van der Waals surface area contributed by atoms with E-state index in [1.807, 2.05) is 60.5 Å². The third kappa shape index (κ3) is 4.30. The van der Waals surface area contributed by atoms with Crippen LogP contribution in [0.15, 0.2) is 66.3 Å². The number of thiophene rings is 1. The molecule has 0 fully saturated rings. The Morgan fingerprint density at radius 1 is 1.12 bits per heavy atom. The molecule has 2 heterocycles. The summed E-state index contributed by atoms with van der Waals surface area (Å²) in [5.41, 5.74) is 2.93. The molecule has 4 heteroatoms. The molecule has 3 aromatic rings. The lowest BCUT2D eigenvalue weighted by Gasteiger charge is -2.23. The molecular formula is C20H20N2OS. The van der Waals surface area contributed by atoms with Gasteiger partial charge in [-0.1, -0.05) is 29.8 Å². The maximum Gasteiger partial charge on any atom is 0.254 e.